The summed E-state index contributed by atoms with van der Waals surface area (Å²) in [5.74, 6) is -0.460. The second kappa shape index (κ2) is 9.09. The molecule has 3 aromatic rings. The number of amides is 1. The minimum Gasteiger partial charge on any atom is -0.495 e. The van der Waals surface area contributed by atoms with Gasteiger partial charge in [-0.15, -0.1) is 0 Å². The number of nitrogens with one attached hydrogen (secondary N) is 1. The van der Waals surface area contributed by atoms with Crippen LogP contribution in [0.4, 0.5) is 11.4 Å². The van der Waals surface area contributed by atoms with Crippen LogP contribution in [-0.4, -0.2) is 43.6 Å². The molecule has 11 heteroatoms. The lowest BCUT2D eigenvalue weighted by molar-refractivity contribution is -0.114. The predicted molar refractivity (Wildman–Crippen MR) is 125 cm³/mol. The highest BCUT2D eigenvalue weighted by Crippen LogP contribution is 2.32. The number of sulfonamides is 1. The Morgan fingerprint density at radius 1 is 1.19 bits per heavy atom. The van der Waals surface area contributed by atoms with Crippen LogP contribution in [0.1, 0.15) is 5.69 Å². The molecule has 9 nitrogen and oxygen atoms in total. The molecule has 0 spiro atoms. The first-order valence-corrected chi connectivity index (χ1v) is 11.7. The van der Waals surface area contributed by atoms with Crippen LogP contribution in [0.15, 0.2) is 53.3 Å². The molecule has 0 saturated heterocycles. The molecule has 0 unspecified atom stereocenters. The van der Waals surface area contributed by atoms with Crippen molar-refractivity contribution in [2.24, 2.45) is 7.05 Å². The van der Waals surface area contributed by atoms with E-state index in [-0.39, 0.29) is 22.1 Å². The molecule has 1 heterocycles. The van der Waals surface area contributed by atoms with Gasteiger partial charge in [0.2, 0.25) is 15.9 Å². The van der Waals surface area contributed by atoms with Crippen LogP contribution in [0.5, 0.6) is 5.75 Å². The van der Waals surface area contributed by atoms with E-state index in [1.807, 2.05) is 6.07 Å². The van der Waals surface area contributed by atoms with Gasteiger partial charge in [0.05, 0.1) is 30.4 Å². The van der Waals surface area contributed by atoms with E-state index in [0.29, 0.717) is 11.4 Å². The molecule has 0 radical (unpaired) electrons. The second-order valence-electron chi connectivity index (χ2n) is 7.07. The monoisotopic (exact) mass is 478 g/mol. The Morgan fingerprint density at radius 2 is 1.84 bits per heavy atom. The quantitative estimate of drug-likeness (QED) is 0.562. The van der Waals surface area contributed by atoms with Crippen molar-refractivity contribution in [3.63, 3.8) is 0 Å². The lowest BCUT2D eigenvalue weighted by Crippen LogP contribution is -2.38. The molecule has 170 valence electrons. The van der Waals surface area contributed by atoms with Gasteiger partial charge >= 0.3 is 0 Å². The van der Waals surface area contributed by atoms with E-state index in [4.69, 9.17) is 16.3 Å². The van der Waals surface area contributed by atoms with Crippen LogP contribution in [0.2, 0.25) is 5.02 Å². The van der Waals surface area contributed by atoms with Crippen molar-refractivity contribution in [3.8, 4) is 11.4 Å². The molecule has 3 rings (SSSR count). The Kier molecular flexibility index (Phi) is 6.65. The van der Waals surface area contributed by atoms with Crippen LogP contribution in [0.3, 0.4) is 0 Å². The van der Waals surface area contributed by atoms with Crippen LogP contribution in [-0.2, 0) is 21.9 Å². The fourth-order valence-corrected chi connectivity index (χ4v) is 4.28. The Bertz CT molecular complexity index is 1320. The molecular formula is C21H23ClN4O5S. The highest BCUT2D eigenvalue weighted by atomic mass is 35.5. The fourth-order valence-electron chi connectivity index (χ4n) is 3.26. The Labute approximate surface area is 190 Å². The number of nitrogens with zero attached hydrogens (tertiary/aromatic N) is 3. The first kappa shape index (κ1) is 23.4. The molecule has 1 aromatic heterocycles. The Hall–Kier alpha value is -3.24. The van der Waals surface area contributed by atoms with Crippen molar-refractivity contribution in [1.82, 2.24) is 9.36 Å². The summed E-state index contributed by atoms with van der Waals surface area (Å²) in [7, 11) is -0.800. The number of carbonyl (C=O) groups is 1. The lowest BCUT2D eigenvalue weighted by atomic mass is 10.3. The first-order chi connectivity index (χ1) is 15.0. The summed E-state index contributed by atoms with van der Waals surface area (Å²) in [6.45, 7) is 1.11. The Balaban J connectivity index is 1.95. The number of carbonyl (C=O) groups excluding carboxylic acids is 1. The summed E-state index contributed by atoms with van der Waals surface area (Å²) >= 11 is 6.03. The summed E-state index contributed by atoms with van der Waals surface area (Å²) < 4.78 is 34.0. The number of methoxy groups -OCH3 is 1. The summed E-state index contributed by atoms with van der Waals surface area (Å²) in [6, 6.07) is 13.4. The van der Waals surface area contributed by atoms with Gasteiger partial charge in [-0.25, -0.2) is 13.1 Å². The summed E-state index contributed by atoms with van der Waals surface area (Å²) in [4.78, 5) is 25.8. The normalized spacial score (nSPS) is 11.3. The summed E-state index contributed by atoms with van der Waals surface area (Å²) in [5, 5.41) is 2.84. The number of ether oxygens (including phenoxy) is 1. The third-order valence-corrected chi connectivity index (χ3v) is 6.28. The number of benzene rings is 2. The largest absolute Gasteiger partial charge is 0.495 e. The standard InChI is InChI=1S/C21H23ClN4O5S/c1-14-20(21(28)26(24(14)2)16-8-6-5-7-9-16)23-19(27)13-25(32(4,29)30)17-12-15(22)10-11-18(17)31-3/h5-12H,13H2,1-4H3,(H,23,27). The molecule has 0 fully saturated rings. The van der Waals surface area contributed by atoms with Crippen molar-refractivity contribution in [2.45, 2.75) is 6.92 Å². The van der Waals surface area contributed by atoms with Gasteiger partial charge in [-0.1, -0.05) is 29.8 Å². The van der Waals surface area contributed by atoms with Gasteiger partial charge in [-0.3, -0.25) is 18.6 Å². The highest BCUT2D eigenvalue weighted by molar-refractivity contribution is 7.92. The highest BCUT2D eigenvalue weighted by Gasteiger charge is 2.26. The number of anilines is 2. The van der Waals surface area contributed by atoms with E-state index >= 15 is 0 Å². The zero-order valence-corrected chi connectivity index (χ0v) is 19.6. The average Bonchev–Trinajstić information content (AvgIpc) is 2.95. The van der Waals surface area contributed by atoms with Gasteiger partial charge in [-0.05, 0) is 37.3 Å². The topological polar surface area (TPSA) is 103 Å². The van der Waals surface area contributed by atoms with Crippen molar-refractivity contribution in [1.29, 1.82) is 0 Å². The minimum absolute atomic E-state index is 0.0628. The molecule has 0 aliphatic rings. The van der Waals surface area contributed by atoms with E-state index in [1.54, 1.807) is 49.0 Å². The molecule has 1 N–H and O–H groups in total. The van der Waals surface area contributed by atoms with Crippen LogP contribution >= 0.6 is 11.6 Å². The number of hydrogen-bond donors (Lipinski definition) is 1. The van der Waals surface area contributed by atoms with Gasteiger partial charge in [0, 0.05) is 12.1 Å². The van der Waals surface area contributed by atoms with Crippen molar-refractivity contribution in [3.05, 3.63) is 69.6 Å². The third-order valence-electron chi connectivity index (χ3n) is 4.92. The molecule has 0 bridgehead atoms. The number of hydrogen-bond acceptors (Lipinski definition) is 5. The van der Waals surface area contributed by atoms with Crippen molar-refractivity contribution in [2.75, 3.05) is 29.5 Å². The lowest BCUT2D eigenvalue weighted by Gasteiger charge is -2.23. The summed E-state index contributed by atoms with van der Waals surface area (Å²) in [6.07, 6.45) is 0.969. The maximum Gasteiger partial charge on any atom is 0.295 e. The molecule has 1 amide bonds. The zero-order valence-electron chi connectivity index (χ0n) is 18.0. The SMILES string of the molecule is COc1ccc(Cl)cc1N(CC(=O)Nc1c(C)n(C)n(-c2ccccc2)c1=O)S(C)(=O)=O. The van der Waals surface area contributed by atoms with Crippen molar-refractivity contribution < 1.29 is 17.9 Å². The molecular weight excluding hydrogens is 456 g/mol. The Morgan fingerprint density at radius 3 is 2.44 bits per heavy atom. The van der Waals surface area contributed by atoms with Crippen LogP contribution < -0.4 is 19.9 Å². The van der Waals surface area contributed by atoms with Crippen LogP contribution in [0, 0.1) is 6.92 Å². The van der Waals surface area contributed by atoms with Gasteiger partial charge in [0.25, 0.3) is 5.56 Å². The van der Waals surface area contributed by atoms with Gasteiger partial charge in [0.15, 0.2) is 0 Å². The molecule has 0 atom stereocenters. The molecule has 0 saturated carbocycles. The minimum atomic E-state index is -3.88. The number of aromatic nitrogens is 2. The molecule has 0 aliphatic carbocycles. The molecule has 32 heavy (non-hydrogen) atoms. The van der Waals surface area contributed by atoms with Gasteiger partial charge < -0.3 is 10.1 Å². The van der Waals surface area contributed by atoms with Gasteiger partial charge in [0.1, 0.15) is 18.0 Å². The third kappa shape index (κ3) is 4.66. The average molecular weight is 479 g/mol. The summed E-state index contributed by atoms with van der Waals surface area (Å²) in [5.41, 5.74) is 0.885. The van der Waals surface area contributed by atoms with E-state index in [9.17, 15) is 18.0 Å². The van der Waals surface area contributed by atoms with E-state index < -0.39 is 28.0 Å². The van der Waals surface area contributed by atoms with E-state index in [2.05, 4.69) is 5.32 Å². The zero-order chi connectivity index (χ0) is 23.6. The number of halogens is 1. The fraction of sp³-hybridized carbons (Fsp3) is 0.238. The van der Waals surface area contributed by atoms with Crippen molar-refractivity contribution >= 4 is 38.9 Å². The maximum absolute atomic E-state index is 13.0. The second-order valence-corrected chi connectivity index (χ2v) is 9.41. The van der Waals surface area contributed by atoms with E-state index in [0.717, 1.165) is 10.6 Å². The van der Waals surface area contributed by atoms with Crippen LogP contribution in [0.25, 0.3) is 5.69 Å². The van der Waals surface area contributed by atoms with E-state index in [1.165, 1.54) is 23.9 Å². The number of rotatable bonds is 7. The molecule has 0 aliphatic heterocycles. The number of para-hydroxylation sites is 1. The maximum atomic E-state index is 13.0. The predicted octanol–water partition coefficient (Wildman–Crippen LogP) is 2.55. The first-order valence-electron chi connectivity index (χ1n) is 9.49. The molecule has 2 aromatic carbocycles. The van der Waals surface area contributed by atoms with Gasteiger partial charge in [-0.2, -0.15) is 0 Å². The smallest absolute Gasteiger partial charge is 0.295 e.